The maximum atomic E-state index is 13.8. The number of carboxylic acids is 1. The average Bonchev–Trinajstić information content (AvgIpc) is 2.65. The van der Waals surface area contributed by atoms with Gasteiger partial charge in [-0.15, -0.1) is 0 Å². The van der Waals surface area contributed by atoms with E-state index >= 15 is 0 Å². The molecule has 0 radical (unpaired) electrons. The largest absolute Gasteiger partial charge is 0.478 e. The molecule has 0 amide bonds. The third kappa shape index (κ3) is 3.14. The number of aromatic carboxylic acids is 1. The van der Waals surface area contributed by atoms with Crippen LogP contribution in [-0.4, -0.2) is 25.1 Å². The first-order valence-electron chi connectivity index (χ1n) is 5.90. The fraction of sp³-hybridized carbons (Fsp3) is 0.231. The molecule has 0 aliphatic heterocycles. The van der Waals surface area contributed by atoms with Crippen molar-refractivity contribution in [3.8, 4) is 0 Å². The Kier molecular flexibility index (Phi) is 4.43. The van der Waals surface area contributed by atoms with E-state index in [9.17, 15) is 13.4 Å². The molecule has 1 heterocycles. The second kappa shape index (κ2) is 5.95. The molecule has 0 saturated carbocycles. The minimum atomic E-state index is -1.76. The van der Waals surface area contributed by atoms with Crippen LogP contribution in [-0.2, 0) is 23.6 Å². The smallest absolute Gasteiger partial charge is 0.335 e. The van der Waals surface area contributed by atoms with Crippen molar-refractivity contribution >= 4 is 28.4 Å². The molecule has 1 atom stereocenters. The third-order valence-corrected chi connectivity index (χ3v) is 4.80. The van der Waals surface area contributed by atoms with Gasteiger partial charge in [-0.2, -0.15) is 5.10 Å². The molecule has 2 aromatic rings. The van der Waals surface area contributed by atoms with E-state index in [1.54, 1.807) is 14.0 Å². The molecule has 1 unspecified atom stereocenters. The molecular formula is C13H12ClFN2O3S. The van der Waals surface area contributed by atoms with E-state index in [0.29, 0.717) is 16.4 Å². The Bertz CT molecular complexity index is 745. The number of carboxylic acid groups (broad SMARTS) is 1. The SMILES string of the molecule is Cc1nn(C)c(Cl)c1CS(=O)c1cc(C(=O)O)ccc1F. The Morgan fingerprint density at radius 2 is 2.19 bits per heavy atom. The van der Waals surface area contributed by atoms with Gasteiger partial charge in [0.1, 0.15) is 11.0 Å². The van der Waals surface area contributed by atoms with Crippen LogP contribution in [0, 0.1) is 12.7 Å². The van der Waals surface area contributed by atoms with Gasteiger partial charge in [0.2, 0.25) is 0 Å². The summed E-state index contributed by atoms with van der Waals surface area (Å²) >= 11 is 6.05. The zero-order valence-corrected chi connectivity index (χ0v) is 12.8. The van der Waals surface area contributed by atoms with E-state index in [1.165, 1.54) is 4.68 Å². The third-order valence-electron chi connectivity index (χ3n) is 2.97. The molecule has 0 bridgehead atoms. The number of rotatable bonds is 4. The zero-order chi connectivity index (χ0) is 15.7. The lowest BCUT2D eigenvalue weighted by atomic mass is 10.2. The minimum absolute atomic E-state index is 0.0293. The van der Waals surface area contributed by atoms with Crippen LogP contribution in [0.25, 0.3) is 0 Å². The summed E-state index contributed by atoms with van der Waals surface area (Å²) < 4.78 is 27.5. The van der Waals surface area contributed by atoms with Crippen LogP contribution in [0.1, 0.15) is 21.6 Å². The number of carbonyl (C=O) groups is 1. The van der Waals surface area contributed by atoms with Crippen LogP contribution in [0.15, 0.2) is 23.1 Å². The van der Waals surface area contributed by atoms with E-state index in [1.807, 2.05) is 0 Å². The van der Waals surface area contributed by atoms with Crippen molar-refractivity contribution in [2.24, 2.45) is 7.05 Å². The number of halogens is 2. The second-order valence-corrected chi connectivity index (χ2v) is 6.20. The number of benzene rings is 1. The van der Waals surface area contributed by atoms with Gasteiger partial charge >= 0.3 is 5.97 Å². The van der Waals surface area contributed by atoms with Gasteiger partial charge in [0.15, 0.2) is 0 Å². The monoisotopic (exact) mass is 330 g/mol. The number of aromatic nitrogens is 2. The molecule has 1 aromatic carbocycles. The topological polar surface area (TPSA) is 72.2 Å². The highest BCUT2D eigenvalue weighted by Crippen LogP contribution is 2.24. The standard InChI is InChI=1S/C13H12ClFN2O3S/c1-7-9(12(14)17(2)16-7)6-21(20)11-5-8(13(18)19)3-4-10(11)15/h3-5H,6H2,1-2H3,(H,18,19). The lowest BCUT2D eigenvalue weighted by Gasteiger charge is -2.05. The Balaban J connectivity index is 2.36. The molecule has 21 heavy (non-hydrogen) atoms. The number of hydrogen-bond acceptors (Lipinski definition) is 3. The van der Waals surface area contributed by atoms with Gasteiger partial charge in [-0.25, -0.2) is 9.18 Å². The van der Waals surface area contributed by atoms with Crippen molar-refractivity contribution in [1.82, 2.24) is 9.78 Å². The molecule has 8 heteroatoms. The zero-order valence-electron chi connectivity index (χ0n) is 11.3. The summed E-state index contributed by atoms with van der Waals surface area (Å²) in [4.78, 5) is 10.7. The van der Waals surface area contributed by atoms with Crippen LogP contribution >= 0.6 is 11.6 Å². The van der Waals surface area contributed by atoms with Gasteiger partial charge in [0, 0.05) is 12.6 Å². The number of nitrogens with zero attached hydrogens (tertiary/aromatic N) is 2. The number of aryl methyl sites for hydroxylation is 2. The summed E-state index contributed by atoms with van der Waals surface area (Å²) in [6.45, 7) is 1.71. The molecule has 0 fully saturated rings. The fourth-order valence-electron chi connectivity index (χ4n) is 1.86. The first kappa shape index (κ1) is 15.7. The lowest BCUT2D eigenvalue weighted by Crippen LogP contribution is -2.04. The van der Waals surface area contributed by atoms with Crippen molar-refractivity contribution in [2.45, 2.75) is 17.6 Å². The predicted octanol–water partition coefficient (Wildman–Crippen LogP) is 2.53. The van der Waals surface area contributed by atoms with Crippen LogP contribution in [0.3, 0.4) is 0 Å². The van der Waals surface area contributed by atoms with E-state index in [-0.39, 0.29) is 16.2 Å². The Morgan fingerprint density at radius 1 is 1.52 bits per heavy atom. The van der Waals surface area contributed by atoms with Gasteiger partial charge < -0.3 is 5.11 Å². The van der Waals surface area contributed by atoms with Gasteiger partial charge in [-0.3, -0.25) is 8.89 Å². The van der Waals surface area contributed by atoms with Crippen molar-refractivity contribution in [2.75, 3.05) is 0 Å². The molecule has 2 rings (SSSR count). The van der Waals surface area contributed by atoms with Gasteiger partial charge in [-0.1, -0.05) is 11.6 Å². The Morgan fingerprint density at radius 3 is 2.71 bits per heavy atom. The molecule has 1 aromatic heterocycles. The summed E-state index contributed by atoms with van der Waals surface area (Å²) in [6, 6.07) is 3.20. The number of hydrogen-bond donors (Lipinski definition) is 1. The molecule has 5 nitrogen and oxygen atoms in total. The first-order valence-corrected chi connectivity index (χ1v) is 7.60. The molecule has 1 N–H and O–H groups in total. The van der Waals surface area contributed by atoms with E-state index in [4.69, 9.17) is 16.7 Å². The normalized spacial score (nSPS) is 12.4. The highest BCUT2D eigenvalue weighted by molar-refractivity contribution is 7.84. The van der Waals surface area contributed by atoms with Gasteiger partial charge in [0.25, 0.3) is 0 Å². The van der Waals surface area contributed by atoms with Gasteiger partial charge in [-0.05, 0) is 25.1 Å². The summed E-state index contributed by atoms with van der Waals surface area (Å²) in [7, 11) is -0.110. The van der Waals surface area contributed by atoms with Crippen molar-refractivity contribution in [1.29, 1.82) is 0 Å². The van der Waals surface area contributed by atoms with E-state index in [0.717, 1.165) is 18.2 Å². The molecule has 0 aliphatic carbocycles. The minimum Gasteiger partial charge on any atom is -0.478 e. The molecule has 0 spiro atoms. The maximum Gasteiger partial charge on any atom is 0.335 e. The Labute approximate surface area is 127 Å². The predicted molar refractivity (Wildman–Crippen MR) is 76.4 cm³/mol. The van der Waals surface area contributed by atoms with Crippen molar-refractivity contribution in [3.05, 3.63) is 46.0 Å². The maximum absolute atomic E-state index is 13.8. The van der Waals surface area contributed by atoms with E-state index < -0.39 is 22.6 Å². The summed E-state index contributed by atoms with van der Waals surface area (Å²) in [6.07, 6.45) is 0. The van der Waals surface area contributed by atoms with Crippen LogP contribution < -0.4 is 0 Å². The second-order valence-electron chi connectivity index (χ2n) is 4.42. The van der Waals surface area contributed by atoms with Crippen molar-refractivity contribution < 1.29 is 18.5 Å². The summed E-state index contributed by atoms with van der Waals surface area (Å²) in [5.74, 6) is -1.95. The van der Waals surface area contributed by atoms with Gasteiger partial charge in [0.05, 0.1) is 32.7 Å². The fourth-order valence-corrected chi connectivity index (χ4v) is 3.49. The highest BCUT2D eigenvalue weighted by atomic mass is 35.5. The highest BCUT2D eigenvalue weighted by Gasteiger charge is 2.19. The van der Waals surface area contributed by atoms with E-state index in [2.05, 4.69) is 5.10 Å². The summed E-state index contributed by atoms with van der Waals surface area (Å²) in [5.41, 5.74) is 1.04. The molecule has 0 aliphatic rings. The summed E-state index contributed by atoms with van der Waals surface area (Å²) in [5, 5.41) is 13.3. The van der Waals surface area contributed by atoms with Crippen LogP contribution in [0.5, 0.6) is 0 Å². The van der Waals surface area contributed by atoms with Crippen LogP contribution in [0.2, 0.25) is 5.15 Å². The average molecular weight is 331 g/mol. The molecule has 112 valence electrons. The first-order chi connectivity index (χ1) is 9.81. The Hall–Kier alpha value is -1.73. The molecular weight excluding hydrogens is 319 g/mol. The molecule has 0 saturated heterocycles. The quantitative estimate of drug-likeness (QED) is 0.935. The lowest BCUT2D eigenvalue weighted by molar-refractivity contribution is 0.0696. The van der Waals surface area contributed by atoms with Crippen molar-refractivity contribution in [3.63, 3.8) is 0 Å². The van der Waals surface area contributed by atoms with Crippen LogP contribution in [0.4, 0.5) is 4.39 Å².